The Labute approximate surface area is 179 Å². The summed E-state index contributed by atoms with van der Waals surface area (Å²) in [4.78, 5) is 23.8. The molecule has 1 saturated heterocycles. The minimum absolute atomic E-state index is 0. The predicted molar refractivity (Wildman–Crippen MR) is 116 cm³/mol. The average molecular weight is 424 g/mol. The molecule has 1 aliphatic carbocycles. The SMILES string of the molecule is CC(CC(=O)NCCc1ccc(OCC(=O)NC2CC2)cc1)C1CCCNC1.Cl. The maximum Gasteiger partial charge on any atom is 0.258 e. The second kappa shape index (κ2) is 12.0. The van der Waals surface area contributed by atoms with Gasteiger partial charge in [0.2, 0.25) is 5.91 Å². The van der Waals surface area contributed by atoms with Crippen molar-refractivity contribution in [3.05, 3.63) is 29.8 Å². The van der Waals surface area contributed by atoms with Crippen LogP contribution in [0.25, 0.3) is 0 Å². The van der Waals surface area contributed by atoms with E-state index in [0.717, 1.165) is 37.9 Å². The molecule has 3 N–H and O–H groups in total. The fourth-order valence-electron chi connectivity index (χ4n) is 3.64. The van der Waals surface area contributed by atoms with Crippen LogP contribution in [-0.4, -0.2) is 44.1 Å². The second-order valence-corrected chi connectivity index (χ2v) is 8.16. The summed E-state index contributed by atoms with van der Waals surface area (Å²) in [5.74, 6) is 1.79. The van der Waals surface area contributed by atoms with E-state index in [9.17, 15) is 9.59 Å². The lowest BCUT2D eigenvalue weighted by molar-refractivity contribution is -0.123. The first-order chi connectivity index (χ1) is 13.6. The van der Waals surface area contributed by atoms with Crippen LogP contribution in [0.5, 0.6) is 5.75 Å². The van der Waals surface area contributed by atoms with Crippen molar-refractivity contribution in [3.8, 4) is 5.75 Å². The summed E-state index contributed by atoms with van der Waals surface area (Å²) in [7, 11) is 0. The third-order valence-electron chi connectivity index (χ3n) is 5.62. The molecular formula is C22H34ClN3O3. The number of halogens is 1. The van der Waals surface area contributed by atoms with E-state index >= 15 is 0 Å². The highest BCUT2D eigenvalue weighted by atomic mass is 35.5. The number of benzene rings is 1. The highest BCUT2D eigenvalue weighted by Crippen LogP contribution is 2.22. The lowest BCUT2D eigenvalue weighted by atomic mass is 9.85. The predicted octanol–water partition coefficient (Wildman–Crippen LogP) is 2.45. The number of amides is 2. The summed E-state index contributed by atoms with van der Waals surface area (Å²) < 4.78 is 5.51. The van der Waals surface area contributed by atoms with Gasteiger partial charge in [0.1, 0.15) is 5.75 Å². The minimum atomic E-state index is -0.0625. The number of piperidine rings is 1. The van der Waals surface area contributed by atoms with Crippen LogP contribution >= 0.6 is 12.4 Å². The minimum Gasteiger partial charge on any atom is -0.484 e. The Morgan fingerprint density at radius 2 is 1.93 bits per heavy atom. The van der Waals surface area contributed by atoms with E-state index in [2.05, 4.69) is 22.9 Å². The molecule has 1 heterocycles. The number of carbonyl (C=O) groups excluding carboxylic acids is 2. The largest absolute Gasteiger partial charge is 0.484 e. The Balaban J connectivity index is 0.00000300. The molecule has 0 spiro atoms. The van der Waals surface area contributed by atoms with Crippen LogP contribution in [0.15, 0.2) is 24.3 Å². The fourth-order valence-corrected chi connectivity index (χ4v) is 3.64. The van der Waals surface area contributed by atoms with Crippen LogP contribution in [-0.2, 0) is 16.0 Å². The number of carbonyl (C=O) groups is 2. The molecule has 2 unspecified atom stereocenters. The second-order valence-electron chi connectivity index (χ2n) is 8.16. The van der Waals surface area contributed by atoms with Crippen LogP contribution in [0.2, 0.25) is 0 Å². The van der Waals surface area contributed by atoms with Gasteiger partial charge < -0.3 is 20.7 Å². The first-order valence-corrected chi connectivity index (χ1v) is 10.6. The molecule has 1 aromatic carbocycles. The lowest BCUT2D eigenvalue weighted by Crippen LogP contribution is -2.36. The molecule has 2 fully saturated rings. The summed E-state index contributed by atoms with van der Waals surface area (Å²) in [6, 6.07) is 8.07. The molecule has 2 amide bonds. The van der Waals surface area contributed by atoms with Crippen molar-refractivity contribution < 1.29 is 14.3 Å². The molecule has 162 valence electrons. The molecule has 1 aliphatic heterocycles. The molecule has 0 radical (unpaired) electrons. The highest BCUT2D eigenvalue weighted by molar-refractivity contribution is 5.85. The van der Waals surface area contributed by atoms with Crippen molar-refractivity contribution in [2.75, 3.05) is 26.2 Å². The average Bonchev–Trinajstić information content (AvgIpc) is 3.52. The Morgan fingerprint density at radius 1 is 1.17 bits per heavy atom. The quantitative estimate of drug-likeness (QED) is 0.540. The van der Waals surface area contributed by atoms with Crippen LogP contribution in [0.4, 0.5) is 0 Å². The van der Waals surface area contributed by atoms with E-state index < -0.39 is 0 Å². The van der Waals surface area contributed by atoms with Gasteiger partial charge in [-0.15, -0.1) is 12.4 Å². The number of hydrogen-bond acceptors (Lipinski definition) is 4. The van der Waals surface area contributed by atoms with Crippen molar-refractivity contribution in [2.24, 2.45) is 11.8 Å². The van der Waals surface area contributed by atoms with Gasteiger partial charge in [-0.3, -0.25) is 9.59 Å². The van der Waals surface area contributed by atoms with Gasteiger partial charge in [0, 0.05) is 19.0 Å². The summed E-state index contributed by atoms with van der Waals surface area (Å²) >= 11 is 0. The van der Waals surface area contributed by atoms with Crippen LogP contribution in [0.1, 0.15) is 44.6 Å². The molecule has 1 saturated carbocycles. The molecule has 29 heavy (non-hydrogen) atoms. The molecule has 0 bridgehead atoms. The van der Waals surface area contributed by atoms with Crippen LogP contribution in [0, 0.1) is 11.8 Å². The summed E-state index contributed by atoms with van der Waals surface area (Å²) in [5, 5.41) is 9.36. The molecule has 1 aromatic rings. The van der Waals surface area contributed by atoms with Gasteiger partial charge >= 0.3 is 0 Å². The third kappa shape index (κ3) is 8.62. The van der Waals surface area contributed by atoms with Gasteiger partial charge in [-0.2, -0.15) is 0 Å². The Morgan fingerprint density at radius 3 is 2.59 bits per heavy atom. The summed E-state index contributed by atoms with van der Waals surface area (Å²) in [6.45, 7) is 5.01. The zero-order valence-corrected chi connectivity index (χ0v) is 18.1. The smallest absolute Gasteiger partial charge is 0.258 e. The lowest BCUT2D eigenvalue weighted by Gasteiger charge is -2.28. The third-order valence-corrected chi connectivity index (χ3v) is 5.62. The normalized spacial score (nSPS) is 19.6. The molecule has 3 rings (SSSR count). The number of nitrogens with one attached hydrogen (secondary N) is 3. The zero-order chi connectivity index (χ0) is 19.8. The number of hydrogen-bond donors (Lipinski definition) is 3. The van der Waals surface area contributed by atoms with Gasteiger partial charge in [-0.05, 0) is 74.7 Å². The van der Waals surface area contributed by atoms with Gasteiger partial charge in [0.05, 0.1) is 0 Å². The molecule has 2 atom stereocenters. The van der Waals surface area contributed by atoms with Crippen molar-refractivity contribution in [1.29, 1.82) is 0 Å². The van der Waals surface area contributed by atoms with E-state index in [1.54, 1.807) is 0 Å². The molecule has 7 heteroatoms. The van der Waals surface area contributed by atoms with Crippen LogP contribution < -0.4 is 20.7 Å². The Hall–Kier alpha value is -1.79. The van der Waals surface area contributed by atoms with E-state index in [0.29, 0.717) is 36.6 Å². The first kappa shape index (κ1) is 23.5. The maximum atomic E-state index is 12.2. The van der Waals surface area contributed by atoms with Crippen molar-refractivity contribution in [3.63, 3.8) is 0 Å². The summed E-state index contributed by atoms with van der Waals surface area (Å²) in [5.41, 5.74) is 1.14. The maximum absolute atomic E-state index is 12.2. The Bertz CT molecular complexity index is 643. The highest BCUT2D eigenvalue weighted by Gasteiger charge is 2.23. The van der Waals surface area contributed by atoms with E-state index in [-0.39, 0.29) is 30.8 Å². The van der Waals surface area contributed by atoms with E-state index in [1.165, 1.54) is 12.8 Å². The van der Waals surface area contributed by atoms with Gasteiger partial charge in [0.25, 0.3) is 5.91 Å². The monoisotopic (exact) mass is 423 g/mol. The molecule has 6 nitrogen and oxygen atoms in total. The van der Waals surface area contributed by atoms with Crippen molar-refractivity contribution >= 4 is 24.2 Å². The molecular weight excluding hydrogens is 390 g/mol. The zero-order valence-electron chi connectivity index (χ0n) is 17.2. The first-order valence-electron chi connectivity index (χ1n) is 10.6. The molecule has 0 aromatic heterocycles. The van der Waals surface area contributed by atoms with E-state index in [4.69, 9.17) is 4.74 Å². The van der Waals surface area contributed by atoms with Crippen molar-refractivity contribution in [2.45, 2.75) is 51.5 Å². The fraction of sp³-hybridized carbons (Fsp3) is 0.636. The molecule has 2 aliphatic rings. The van der Waals surface area contributed by atoms with E-state index in [1.807, 2.05) is 24.3 Å². The Kier molecular flexibility index (Phi) is 9.74. The van der Waals surface area contributed by atoms with Crippen LogP contribution in [0.3, 0.4) is 0 Å². The summed E-state index contributed by atoms with van der Waals surface area (Å²) in [6.07, 6.45) is 5.97. The van der Waals surface area contributed by atoms with Gasteiger partial charge in [-0.25, -0.2) is 0 Å². The standard InChI is InChI=1S/C22H33N3O3.ClH/c1-16(18-3-2-11-23-14-18)13-21(26)24-12-10-17-4-8-20(9-5-17)28-15-22(27)25-19-6-7-19;/h4-5,8-9,16,18-19,23H,2-3,6-7,10-15H2,1H3,(H,24,26)(H,25,27);1H. The van der Waals surface area contributed by atoms with Crippen molar-refractivity contribution in [1.82, 2.24) is 16.0 Å². The number of rotatable bonds is 10. The van der Waals surface area contributed by atoms with Gasteiger partial charge in [0.15, 0.2) is 6.61 Å². The van der Waals surface area contributed by atoms with Gasteiger partial charge in [-0.1, -0.05) is 19.1 Å². The topological polar surface area (TPSA) is 79.5 Å². The number of ether oxygens (including phenoxy) is 1.